The van der Waals surface area contributed by atoms with Crippen LogP contribution in [0.15, 0.2) is 36.9 Å². The lowest BCUT2D eigenvalue weighted by molar-refractivity contribution is 0.690. The zero-order valence-electron chi connectivity index (χ0n) is 7.12. The smallest absolute Gasteiger partial charge is 0.0526 e. The molecule has 0 saturated carbocycles. The summed E-state index contributed by atoms with van der Waals surface area (Å²) in [6, 6.07) is 9.64. The second-order valence-electron chi connectivity index (χ2n) is 2.42. The van der Waals surface area contributed by atoms with Crippen LogP contribution in [0.4, 0.5) is 0 Å². The summed E-state index contributed by atoms with van der Waals surface area (Å²) < 4.78 is 11.3. The molecule has 12 heavy (non-hydrogen) atoms. The summed E-state index contributed by atoms with van der Waals surface area (Å²) in [4.78, 5) is 0.720. The molecule has 1 atom stereocenters. The molecule has 0 bridgehead atoms. The minimum absolute atomic E-state index is 0.633. The van der Waals surface area contributed by atoms with Crippen LogP contribution < -0.4 is 0 Å². The molecule has 1 nitrogen and oxygen atoms in total. The van der Waals surface area contributed by atoms with Crippen LogP contribution in [0.25, 0.3) is 4.91 Å². The molecule has 1 aromatic rings. The minimum Gasteiger partial charge on any atom is -0.254 e. The van der Waals surface area contributed by atoms with Crippen molar-refractivity contribution in [3.63, 3.8) is 0 Å². The summed E-state index contributed by atoms with van der Waals surface area (Å²) in [5, 5.41) is 0. The van der Waals surface area contributed by atoms with Gasteiger partial charge in [-0.05, 0) is 5.56 Å². The first-order chi connectivity index (χ1) is 5.75. The molecule has 0 fully saturated rings. The van der Waals surface area contributed by atoms with Gasteiger partial charge in [0.1, 0.15) is 0 Å². The third kappa shape index (κ3) is 2.05. The van der Waals surface area contributed by atoms with E-state index in [1.54, 1.807) is 0 Å². The Morgan fingerprint density at radius 1 is 1.42 bits per heavy atom. The molecular formula is C10H12OS. The van der Waals surface area contributed by atoms with Crippen LogP contribution >= 0.6 is 0 Å². The summed E-state index contributed by atoms with van der Waals surface area (Å²) in [5.74, 6) is 0.633. The normalized spacial score (nSPS) is 12.4. The predicted molar refractivity (Wildman–Crippen MR) is 54.2 cm³/mol. The lowest BCUT2D eigenvalue weighted by Crippen LogP contribution is -1.94. The van der Waals surface area contributed by atoms with Crippen LogP contribution in [-0.4, -0.2) is 9.96 Å². The second kappa shape index (κ2) is 4.21. The Balaban J connectivity index is 2.86. The van der Waals surface area contributed by atoms with Gasteiger partial charge >= 0.3 is 0 Å². The van der Waals surface area contributed by atoms with Crippen molar-refractivity contribution in [1.29, 1.82) is 0 Å². The molecule has 0 aromatic heterocycles. The highest BCUT2D eigenvalue weighted by atomic mass is 32.2. The van der Waals surface area contributed by atoms with E-state index in [1.165, 1.54) is 0 Å². The van der Waals surface area contributed by atoms with E-state index >= 15 is 0 Å². The summed E-state index contributed by atoms with van der Waals surface area (Å²) in [7, 11) is -0.917. The summed E-state index contributed by atoms with van der Waals surface area (Å²) >= 11 is 0. The average Bonchev–Trinajstić information content (AvgIpc) is 2.17. The Morgan fingerprint density at radius 3 is 2.50 bits per heavy atom. The average molecular weight is 180 g/mol. The van der Waals surface area contributed by atoms with E-state index in [0.29, 0.717) is 5.75 Å². The zero-order chi connectivity index (χ0) is 8.97. The first-order valence-corrected chi connectivity index (χ1v) is 5.20. The van der Waals surface area contributed by atoms with Gasteiger partial charge in [0.2, 0.25) is 0 Å². The largest absolute Gasteiger partial charge is 0.254 e. The van der Waals surface area contributed by atoms with E-state index in [0.717, 1.165) is 10.5 Å². The van der Waals surface area contributed by atoms with Crippen molar-refractivity contribution in [2.45, 2.75) is 6.92 Å². The van der Waals surface area contributed by atoms with Crippen molar-refractivity contribution in [2.24, 2.45) is 0 Å². The van der Waals surface area contributed by atoms with E-state index < -0.39 is 10.8 Å². The molecule has 0 amide bonds. The third-order valence-corrected chi connectivity index (χ3v) is 2.94. The van der Waals surface area contributed by atoms with Crippen molar-refractivity contribution in [2.75, 3.05) is 5.75 Å². The van der Waals surface area contributed by atoms with Crippen LogP contribution in [0.5, 0.6) is 0 Å². The lowest BCUT2D eigenvalue weighted by atomic mass is 10.2. The molecular weight excluding hydrogens is 168 g/mol. The van der Waals surface area contributed by atoms with Crippen LogP contribution in [0.2, 0.25) is 0 Å². The van der Waals surface area contributed by atoms with Crippen LogP contribution in [0.3, 0.4) is 0 Å². The van der Waals surface area contributed by atoms with Crippen molar-refractivity contribution in [3.05, 3.63) is 42.5 Å². The van der Waals surface area contributed by atoms with Gasteiger partial charge in [0.25, 0.3) is 0 Å². The van der Waals surface area contributed by atoms with Crippen molar-refractivity contribution in [3.8, 4) is 0 Å². The van der Waals surface area contributed by atoms with E-state index in [9.17, 15) is 4.21 Å². The Bertz CT molecular complexity index is 290. The molecule has 0 heterocycles. The highest BCUT2D eigenvalue weighted by Gasteiger charge is 2.03. The maximum absolute atomic E-state index is 11.3. The Hall–Kier alpha value is -0.890. The Labute approximate surface area is 75.6 Å². The summed E-state index contributed by atoms with van der Waals surface area (Å²) in [5.41, 5.74) is 0.970. The molecule has 2 heteroatoms. The molecule has 0 N–H and O–H groups in total. The highest BCUT2D eigenvalue weighted by molar-refractivity contribution is 7.94. The molecule has 64 valence electrons. The first-order valence-electron chi connectivity index (χ1n) is 3.88. The van der Waals surface area contributed by atoms with Gasteiger partial charge in [0.15, 0.2) is 0 Å². The Kier molecular flexibility index (Phi) is 3.23. The van der Waals surface area contributed by atoms with Crippen molar-refractivity contribution >= 4 is 15.7 Å². The van der Waals surface area contributed by atoms with E-state index in [1.807, 2.05) is 37.3 Å². The van der Waals surface area contributed by atoms with Gasteiger partial charge in [-0.2, -0.15) is 0 Å². The topological polar surface area (TPSA) is 17.1 Å². The standard InChI is InChI=1S/C10H12OS/c1-3-12(11)9(2)10-7-5-4-6-8-10/h4-8H,2-3H2,1H3/t12-/m0/s1. The first kappa shape index (κ1) is 9.20. The van der Waals surface area contributed by atoms with Gasteiger partial charge in [-0.3, -0.25) is 4.21 Å². The van der Waals surface area contributed by atoms with E-state index in [4.69, 9.17) is 0 Å². The quantitative estimate of drug-likeness (QED) is 0.698. The maximum atomic E-state index is 11.3. The number of hydrogen-bond acceptors (Lipinski definition) is 1. The molecule has 0 radical (unpaired) electrons. The van der Waals surface area contributed by atoms with Gasteiger partial charge in [-0.25, -0.2) is 0 Å². The fourth-order valence-electron chi connectivity index (χ4n) is 0.930. The zero-order valence-corrected chi connectivity index (χ0v) is 7.93. The highest BCUT2D eigenvalue weighted by Crippen LogP contribution is 2.15. The number of hydrogen-bond donors (Lipinski definition) is 0. The molecule has 0 unspecified atom stereocenters. The number of rotatable bonds is 3. The van der Waals surface area contributed by atoms with Gasteiger partial charge in [0, 0.05) is 10.7 Å². The van der Waals surface area contributed by atoms with Crippen LogP contribution in [-0.2, 0) is 10.8 Å². The van der Waals surface area contributed by atoms with E-state index in [-0.39, 0.29) is 0 Å². The molecule has 0 aliphatic heterocycles. The molecule has 1 aromatic carbocycles. The molecule has 0 saturated heterocycles. The molecule has 0 aliphatic rings. The van der Waals surface area contributed by atoms with Crippen molar-refractivity contribution < 1.29 is 4.21 Å². The number of benzene rings is 1. The Morgan fingerprint density at radius 2 is 2.00 bits per heavy atom. The predicted octanol–water partition coefficient (Wildman–Crippen LogP) is 2.43. The fourth-order valence-corrected chi connectivity index (χ4v) is 1.68. The fraction of sp³-hybridized carbons (Fsp3) is 0.200. The van der Waals surface area contributed by atoms with Crippen LogP contribution in [0, 0.1) is 0 Å². The molecule has 1 rings (SSSR count). The van der Waals surface area contributed by atoms with Gasteiger partial charge in [-0.15, -0.1) is 0 Å². The van der Waals surface area contributed by atoms with Gasteiger partial charge in [0.05, 0.1) is 10.8 Å². The monoisotopic (exact) mass is 180 g/mol. The minimum atomic E-state index is -0.917. The maximum Gasteiger partial charge on any atom is 0.0526 e. The summed E-state index contributed by atoms with van der Waals surface area (Å²) in [6.07, 6.45) is 0. The SMILES string of the molecule is C=C(c1ccccc1)[S@@](=O)CC. The van der Waals surface area contributed by atoms with E-state index in [2.05, 4.69) is 6.58 Å². The van der Waals surface area contributed by atoms with Crippen LogP contribution in [0.1, 0.15) is 12.5 Å². The molecule has 0 spiro atoms. The third-order valence-electron chi connectivity index (χ3n) is 1.63. The second-order valence-corrected chi connectivity index (χ2v) is 4.18. The lowest BCUT2D eigenvalue weighted by Gasteiger charge is -2.02. The van der Waals surface area contributed by atoms with Gasteiger partial charge in [-0.1, -0.05) is 43.8 Å². The molecule has 0 aliphatic carbocycles. The van der Waals surface area contributed by atoms with Crippen molar-refractivity contribution in [1.82, 2.24) is 0 Å². The summed E-state index contributed by atoms with van der Waals surface area (Å²) in [6.45, 7) is 5.69. The van der Waals surface area contributed by atoms with Gasteiger partial charge < -0.3 is 0 Å².